The third-order valence-electron chi connectivity index (χ3n) is 5.70. The highest BCUT2D eigenvalue weighted by Gasteiger charge is 2.20. The van der Waals surface area contributed by atoms with Gasteiger partial charge in [-0.3, -0.25) is 0 Å². The van der Waals surface area contributed by atoms with Gasteiger partial charge in [-0.2, -0.15) is 0 Å². The van der Waals surface area contributed by atoms with E-state index >= 15 is 0 Å². The minimum Gasteiger partial charge on any atom is -0.497 e. The van der Waals surface area contributed by atoms with E-state index in [4.69, 9.17) is 9.47 Å². The summed E-state index contributed by atoms with van der Waals surface area (Å²) in [5.41, 5.74) is 8.73. The highest BCUT2D eigenvalue weighted by molar-refractivity contribution is 5.83. The second kappa shape index (κ2) is 7.60. The minimum absolute atomic E-state index is 0.845. The van der Waals surface area contributed by atoms with Crippen LogP contribution in [0.5, 0.6) is 11.5 Å². The second-order valence-electron chi connectivity index (χ2n) is 7.41. The van der Waals surface area contributed by atoms with E-state index in [0.717, 1.165) is 35.0 Å². The Bertz CT molecular complexity index is 1130. The van der Waals surface area contributed by atoms with Gasteiger partial charge in [-0.15, -0.1) is 0 Å². The predicted octanol–water partition coefficient (Wildman–Crippen LogP) is 6.74. The van der Waals surface area contributed by atoms with Crippen molar-refractivity contribution in [1.82, 2.24) is 0 Å². The third-order valence-corrected chi connectivity index (χ3v) is 5.70. The van der Waals surface area contributed by atoms with Gasteiger partial charge in [0.2, 0.25) is 0 Å². The first-order valence-corrected chi connectivity index (χ1v) is 10.1. The van der Waals surface area contributed by atoms with E-state index < -0.39 is 0 Å². The van der Waals surface area contributed by atoms with Crippen LogP contribution in [0.25, 0.3) is 11.1 Å². The molecule has 4 aromatic rings. The zero-order chi connectivity index (χ0) is 20.5. The molecule has 0 atom stereocenters. The summed E-state index contributed by atoms with van der Waals surface area (Å²) in [6.07, 6.45) is 0.971. The van der Waals surface area contributed by atoms with Gasteiger partial charge in [-0.1, -0.05) is 30.3 Å². The normalized spacial score (nSPS) is 11.5. The highest BCUT2D eigenvalue weighted by Crippen LogP contribution is 2.42. The van der Waals surface area contributed by atoms with Crippen LogP contribution in [-0.4, -0.2) is 14.2 Å². The Hall–Kier alpha value is -3.72. The molecule has 30 heavy (non-hydrogen) atoms. The van der Waals surface area contributed by atoms with E-state index in [1.54, 1.807) is 14.2 Å². The molecule has 148 valence electrons. The van der Waals surface area contributed by atoms with Crippen LogP contribution in [0.1, 0.15) is 11.1 Å². The summed E-state index contributed by atoms with van der Waals surface area (Å²) in [4.78, 5) is 2.27. The number of nitrogens with zero attached hydrogens (tertiary/aromatic N) is 1. The van der Waals surface area contributed by atoms with Crippen molar-refractivity contribution in [3.63, 3.8) is 0 Å². The summed E-state index contributed by atoms with van der Waals surface area (Å²) in [6.45, 7) is 0. The van der Waals surface area contributed by atoms with Crippen molar-refractivity contribution in [3.05, 3.63) is 102 Å². The van der Waals surface area contributed by atoms with E-state index in [0.29, 0.717) is 0 Å². The summed E-state index contributed by atoms with van der Waals surface area (Å²) in [6, 6.07) is 31.8. The smallest absolute Gasteiger partial charge is 0.119 e. The number of fused-ring (bicyclic) bond motifs is 3. The zero-order valence-electron chi connectivity index (χ0n) is 17.1. The van der Waals surface area contributed by atoms with Crippen LogP contribution in [0.15, 0.2) is 91.0 Å². The lowest BCUT2D eigenvalue weighted by Gasteiger charge is -2.26. The SMILES string of the molecule is COc1ccc(N(c2ccc(OC)cc2)c2ccc3c(c2)Cc2ccccc2-3)cc1. The van der Waals surface area contributed by atoms with Gasteiger partial charge in [0, 0.05) is 17.1 Å². The number of hydrogen-bond donors (Lipinski definition) is 0. The fraction of sp³-hybridized carbons (Fsp3) is 0.111. The summed E-state index contributed by atoms with van der Waals surface area (Å²) in [7, 11) is 3.38. The van der Waals surface area contributed by atoms with Crippen molar-refractivity contribution in [3.8, 4) is 22.6 Å². The van der Waals surface area contributed by atoms with Crippen LogP contribution in [0.4, 0.5) is 17.1 Å². The molecule has 0 saturated heterocycles. The van der Waals surface area contributed by atoms with Crippen LogP contribution in [0, 0.1) is 0 Å². The van der Waals surface area contributed by atoms with Crippen molar-refractivity contribution in [1.29, 1.82) is 0 Å². The predicted molar refractivity (Wildman–Crippen MR) is 122 cm³/mol. The molecule has 0 unspecified atom stereocenters. The first kappa shape index (κ1) is 18.3. The summed E-state index contributed by atoms with van der Waals surface area (Å²) < 4.78 is 10.7. The Morgan fingerprint density at radius 2 is 1.10 bits per heavy atom. The van der Waals surface area contributed by atoms with Crippen LogP contribution in [-0.2, 0) is 6.42 Å². The third kappa shape index (κ3) is 3.18. The maximum Gasteiger partial charge on any atom is 0.119 e. The molecule has 0 aromatic heterocycles. The molecular formula is C27H23NO2. The van der Waals surface area contributed by atoms with Gasteiger partial charge < -0.3 is 14.4 Å². The lowest BCUT2D eigenvalue weighted by atomic mass is 10.0. The van der Waals surface area contributed by atoms with Crippen molar-refractivity contribution < 1.29 is 9.47 Å². The lowest BCUT2D eigenvalue weighted by Crippen LogP contribution is -2.10. The largest absolute Gasteiger partial charge is 0.497 e. The average molecular weight is 393 g/mol. The number of rotatable bonds is 5. The van der Waals surface area contributed by atoms with Crippen molar-refractivity contribution in [2.24, 2.45) is 0 Å². The average Bonchev–Trinajstić information content (AvgIpc) is 3.18. The van der Waals surface area contributed by atoms with Gasteiger partial charge in [0.05, 0.1) is 14.2 Å². The first-order valence-electron chi connectivity index (χ1n) is 10.1. The van der Waals surface area contributed by atoms with E-state index in [-0.39, 0.29) is 0 Å². The summed E-state index contributed by atoms with van der Waals surface area (Å²) in [5.74, 6) is 1.69. The van der Waals surface area contributed by atoms with Gasteiger partial charge in [0.25, 0.3) is 0 Å². The van der Waals surface area contributed by atoms with Gasteiger partial charge >= 0.3 is 0 Å². The van der Waals surface area contributed by atoms with Gasteiger partial charge in [0.1, 0.15) is 11.5 Å². The standard InChI is InChI=1S/C27H23NO2/c1-29-24-12-7-21(8-13-24)28(22-9-14-25(30-2)15-10-22)23-11-16-27-20(18-23)17-19-5-3-4-6-26(19)27/h3-16,18H,17H2,1-2H3. The molecule has 0 fully saturated rings. The Kier molecular flexibility index (Phi) is 4.64. The van der Waals surface area contributed by atoms with Gasteiger partial charge in [-0.05, 0) is 89.3 Å². The van der Waals surface area contributed by atoms with E-state index in [1.165, 1.54) is 22.3 Å². The van der Waals surface area contributed by atoms with Crippen molar-refractivity contribution >= 4 is 17.1 Å². The molecule has 1 aliphatic rings. The fourth-order valence-electron chi connectivity index (χ4n) is 4.18. The molecule has 0 radical (unpaired) electrons. The van der Waals surface area contributed by atoms with Gasteiger partial charge in [0.15, 0.2) is 0 Å². The molecule has 3 heteroatoms. The topological polar surface area (TPSA) is 21.7 Å². The molecule has 4 aromatic carbocycles. The number of anilines is 3. The fourth-order valence-corrected chi connectivity index (χ4v) is 4.18. The van der Waals surface area contributed by atoms with E-state index in [2.05, 4.69) is 71.6 Å². The van der Waals surface area contributed by atoms with Crippen molar-refractivity contribution in [2.75, 3.05) is 19.1 Å². The van der Waals surface area contributed by atoms with Crippen LogP contribution < -0.4 is 14.4 Å². The summed E-state index contributed by atoms with van der Waals surface area (Å²) in [5, 5.41) is 0. The number of hydrogen-bond acceptors (Lipinski definition) is 3. The Morgan fingerprint density at radius 3 is 1.70 bits per heavy atom. The highest BCUT2D eigenvalue weighted by atomic mass is 16.5. The quantitative estimate of drug-likeness (QED) is 0.330. The number of benzene rings is 4. The molecule has 0 heterocycles. The first-order chi connectivity index (χ1) is 14.8. The van der Waals surface area contributed by atoms with Crippen LogP contribution in [0.3, 0.4) is 0 Å². The summed E-state index contributed by atoms with van der Waals surface area (Å²) >= 11 is 0. The maximum absolute atomic E-state index is 5.35. The number of ether oxygens (including phenoxy) is 2. The molecular weight excluding hydrogens is 370 g/mol. The maximum atomic E-state index is 5.35. The molecule has 5 rings (SSSR count). The van der Waals surface area contributed by atoms with Crippen molar-refractivity contribution in [2.45, 2.75) is 6.42 Å². The Labute approximate surface area is 177 Å². The monoisotopic (exact) mass is 393 g/mol. The Balaban J connectivity index is 1.60. The molecule has 0 bridgehead atoms. The molecule has 3 nitrogen and oxygen atoms in total. The van der Waals surface area contributed by atoms with Crippen LogP contribution in [0.2, 0.25) is 0 Å². The molecule has 0 N–H and O–H groups in total. The molecule has 0 amide bonds. The zero-order valence-corrected chi connectivity index (χ0v) is 17.1. The molecule has 0 saturated carbocycles. The van der Waals surface area contributed by atoms with E-state index in [1.807, 2.05) is 24.3 Å². The van der Waals surface area contributed by atoms with Crippen LogP contribution >= 0.6 is 0 Å². The Morgan fingerprint density at radius 1 is 0.567 bits per heavy atom. The minimum atomic E-state index is 0.845. The molecule has 1 aliphatic carbocycles. The number of methoxy groups -OCH3 is 2. The van der Waals surface area contributed by atoms with E-state index in [9.17, 15) is 0 Å². The molecule has 0 aliphatic heterocycles. The lowest BCUT2D eigenvalue weighted by molar-refractivity contribution is 0.415. The molecule has 0 spiro atoms. The van der Waals surface area contributed by atoms with Gasteiger partial charge in [-0.25, -0.2) is 0 Å². The second-order valence-corrected chi connectivity index (χ2v) is 7.41.